The number of amides is 1. The van der Waals surface area contributed by atoms with Crippen LogP contribution in [-0.4, -0.2) is 10.5 Å². The van der Waals surface area contributed by atoms with E-state index in [1.54, 1.807) is 29.7 Å². The van der Waals surface area contributed by atoms with Gasteiger partial charge >= 0.3 is 0 Å². The zero-order valence-electron chi connectivity index (χ0n) is 18.0. The van der Waals surface area contributed by atoms with Crippen molar-refractivity contribution in [2.24, 2.45) is 5.92 Å². The summed E-state index contributed by atoms with van der Waals surface area (Å²) in [5.41, 5.74) is 2.44. The highest BCUT2D eigenvalue weighted by Gasteiger charge is 2.34. The van der Waals surface area contributed by atoms with Gasteiger partial charge in [-0.15, -0.1) is 0 Å². The van der Waals surface area contributed by atoms with Crippen molar-refractivity contribution in [1.82, 2.24) is 9.88 Å². The minimum Gasteiger partial charge on any atom is -0.345 e. The van der Waals surface area contributed by atoms with Crippen LogP contribution in [0.5, 0.6) is 0 Å². The van der Waals surface area contributed by atoms with Gasteiger partial charge in [0.1, 0.15) is 0 Å². The highest BCUT2D eigenvalue weighted by molar-refractivity contribution is 6.36. The number of benzene rings is 3. The average molecular weight is 477 g/mol. The van der Waals surface area contributed by atoms with Crippen molar-refractivity contribution in [2.45, 2.75) is 25.8 Å². The van der Waals surface area contributed by atoms with Crippen molar-refractivity contribution in [3.05, 3.63) is 110 Å². The van der Waals surface area contributed by atoms with E-state index >= 15 is 0 Å². The molecule has 0 unspecified atom stereocenters. The second-order valence-corrected chi connectivity index (χ2v) is 9.29. The summed E-state index contributed by atoms with van der Waals surface area (Å²) in [6.07, 6.45) is 2.10. The molecule has 0 spiro atoms. The molecule has 4 aromatic rings. The first kappa shape index (κ1) is 21.7. The van der Waals surface area contributed by atoms with Gasteiger partial charge in [0.25, 0.3) is 11.5 Å². The number of para-hydroxylation sites is 1. The third-order valence-electron chi connectivity index (χ3n) is 6.23. The summed E-state index contributed by atoms with van der Waals surface area (Å²) in [5.74, 6) is 0.129. The van der Waals surface area contributed by atoms with Crippen molar-refractivity contribution < 1.29 is 4.79 Å². The lowest BCUT2D eigenvalue weighted by Crippen LogP contribution is -2.33. The third kappa shape index (κ3) is 4.05. The Labute approximate surface area is 201 Å². The molecule has 1 aliphatic carbocycles. The Hall–Kier alpha value is -3.08. The van der Waals surface area contributed by atoms with Crippen LogP contribution >= 0.6 is 23.2 Å². The number of aromatic nitrogens is 1. The summed E-state index contributed by atoms with van der Waals surface area (Å²) in [4.78, 5) is 27.3. The van der Waals surface area contributed by atoms with E-state index in [4.69, 9.17) is 23.2 Å². The van der Waals surface area contributed by atoms with Crippen molar-refractivity contribution in [2.75, 3.05) is 0 Å². The zero-order valence-corrected chi connectivity index (χ0v) is 19.5. The van der Waals surface area contributed by atoms with E-state index in [0.717, 1.165) is 18.4 Å². The van der Waals surface area contributed by atoms with Crippen LogP contribution in [-0.2, 0) is 0 Å². The molecule has 1 amide bonds. The molecule has 1 saturated carbocycles. The summed E-state index contributed by atoms with van der Waals surface area (Å²) >= 11 is 12.7. The SMILES string of the molecule is Cc1c(C(=O)N[C@H](c2cccc(Cl)c2)C2CC2)c2cccc(Cl)c2c(=O)n1-c1ccccc1. The highest BCUT2D eigenvalue weighted by Crippen LogP contribution is 2.42. The van der Waals surface area contributed by atoms with Crippen molar-refractivity contribution in [1.29, 1.82) is 0 Å². The van der Waals surface area contributed by atoms with Gasteiger partial charge in [-0.2, -0.15) is 0 Å². The van der Waals surface area contributed by atoms with E-state index in [0.29, 0.717) is 43.7 Å². The number of nitrogens with zero attached hydrogens (tertiary/aromatic N) is 1. The molecule has 33 heavy (non-hydrogen) atoms. The predicted octanol–water partition coefficient (Wildman–Crippen LogP) is 6.49. The minimum absolute atomic E-state index is 0.151. The van der Waals surface area contributed by atoms with Crippen LogP contribution in [0, 0.1) is 12.8 Å². The Kier molecular flexibility index (Phi) is 5.73. The van der Waals surface area contributed by atoms with Gasteiger partial charge < -0.3 is 5.32 Å². The summed E-state index contributed by atoms with van der Waals surface area (Å²) in [5, 5.41) is 5.08. The fourth-order valence-corrected chi connectivity index (χ4v) is 4.97. The van der Waals surface area contributed by atoms with Crippen molar-refractivity contribution in [3.63, 3.8) is 0 Å². The van der Waals surface area contributed by atoms with Gasteiger partial charge in [-0.3, -0.25) is 14.2 Å². The van der Waals surface area contributed by atoms with Crippen LogP contribution in [0.4, 0.5) is 0 Å². The summed E-state index contributed by atoms with van der Waals surface area (Å²) in [6, 6.07) is 22.0. The largest absolute Gasteiger partial charge is 0.345 e. The molecular formula is C27H22Cl2N2O2. The number of carbonyl (C=O) groups excluding carboxylic acids is 1. The Balaban J connectivity index is 1.68. The highest BCUT2D eigenvalue weighted by atomic mass is 35.5. The van der Waals surface area contributed by atoms with Gasteiger partial charge in [0.2, 0.25) is 0 Å². The lowest BCUT2D eigenvalue weighted by molar-refractivity contribution is 0.0932. The van der Waals surface area contributed by atoms with Gasteiger partial charge in [0, 0.05) is 21.8 Å². The van der Waals surface area contributed by atoms with E-state index < -0.39 is 0 Å². The van der Waals surface area contributed by atoms with E-state index in [2.05, 4.69) is 5.32 Å². The molecule has 5 rings (SSSR count). The van der Waals surface area contributed by atoms with Crippen LogP contribution in [0.3, 0.4) is 0 Å². The van der Waals surface area contributed by atoms with E-state index in [-0.39, 0.29) is 17.5 Å². The third-order valence-corrected chi connectivity index (χ3v) is 6.78. The summed E-state index contributed by atoms with van der Waals surface area (Å²) in [6.45, 7) is 1.80. The van der Waals surface area contributed by atoms with Gasteiger partial charge in [-0.05, 0) is 61.6 Å². The molecule has 1 fully saturated rings. The normalized spacial score (nSPS) is 14.3. The molecule has 0 aliphatic heterocycles. The van der Waals surface area contributed by atoms with Crippen LogP contribution < -0.4 is 10.9 Å². The molecule has 1 atom stereocenters. The predicted molar refractivity (Wildman–Crippen MR) is 134 cm³/mol. The lowest BCUT2D eigenvalue weighted by Gasteiger charge is -2.22. The van der Waals surface area contributed by atoms with Crippen molar-refractivity contribution in [3.8, 4) is 5.69 Å². The number of rotatable bonds is 5. The monoisotopic (exact) mass is 476 g/mol. The molecule has 1 aromatic heterocycles. The maximum absolute atomic E-state index is 13.8. The number of halogens is 2. The van der Waals surface area contributed by atoms with E-state index in [1.807, 2.05) is 54.6 Å². The van der Waals surface area contributed by atoms with Crippen LogP contribution in [0.2, 0.25) is 10.0 Å². The Bertz CT molecular complexity index is 1430. The fraction of sp³-hybridized carbons (Fsp3) is 0.185. The first-order chi connectivity index (χ1) is 16.0. The Morgan fingerprint density at radius 1 is 1.00 bits per heavy atom. The number of pyridine rings is 1. The standard InChI is InChI=1S/C27H22Cl2N2O2/c1-16-23(26(32)30-25(17-13-14-17)18-7-5-8-19(28)15-18)21-11-6-12-22(29)24(21)27(33)31(16)20-9-3-2-4-10-20/h2-12,15,17,25H,13-14H2,1H3,(H,30,32)/t25-/m0/s1. The summed E-state index contributed by atoms with van der Waals surface area (Å²) < 4.78 is 1.56. The number of hydrogen-bond donors (Lipinski definition) is 1. The molecule has 4 nitrogen and oxygen atoms in total. The van der Waals surface area contributed by atoms with E-state index in [1.165, 1.54) is 0 Å². The van der Waals surface area contributed by atoms with Crippen LogP contribution in [0.15, 0.2) is 77.6 Å². The van der Waals surface area contributed by atoms with Gasteiger partial charge in [0.15, 0.2) is 0 Å². The minimum atomic E-state index is -0.246. The average Bonchev–Trinajstić information content (AvgIpc) is 3.63. The number of carbonyl (C=O) groups is 1. The summed E-state index contributed by atoms with van der Waals surface area (Å²) in [7, 11) is 0. The number of nitrogens with one attached hydrogen (secondary N) is 1. The molecule has 0 bridgehead atoms. The molecule has 6 heteroatoms. The lowest BCUT2D eigenvalue weighted by atomic mass is 9.99. The number of fused-ring (bicyclic) bond motifs is 1. The second kappa shape index (κ2) is 8.69. The van der Waals surface area contributed by atoms with Crippen LogP contribution in [0.25, 0.3) is 16.5 Å². The second-order valence-electron chi connectivity index (χ2n) is 8.44. The zero-order chi connectivity index (χ0) is 23.1. The molecule has 1 aliphatic rings. The van der Waals surface area contributed by atoms with Gasteiger partial charge in [-0.25, -0.2) is 0 Å². The molecule has 0 saturated heterocycles. The van der Waals surface area contributed by atoms with Gasteiger partial charge in [-0.1, -0.05) is 65.7 Å². The smallest absolute Gasteiger partial charge is 0.264 e. The first-order valence-electron chi connectivity index (χ1n) is 10.9. The Morgan fingerprint density at radius 3 is 2.42 bits per heavy atom. The van der Waals surface area contributed by atoms with E-state index in [9.17, 15) is 9.59 Å². The Morgan fingerprint density at radius 2 is 1.73 bits per heavy atom. The van der Waals surface area contributed by atoms with Crippen LogP contribution in [0.1, 0.15) is 40.5 Å². The quantitative estimate of drug-likeness (QED) is 0.357. The van der Waals surface area contributed by atoms with Crippen molar-refractivity contribution >= 4 is 39.9 Å². The topological polar surface area (TPSA) is 51.1 Å². The maximum Gasteiger partial charge on any atom is 0.264 e. The number of hydrogen-bond acceptors (Lipinski definition) is 2. The molecule has 1 N–H and O–H groups in total. The molecule has 1 heterocycles. The molecule has 3 aromatic carbocycles. The first-order valence-corrected chi connectivity index (χ1v) is 11.7. The molecule has 166 valence electrons. The molecule has 0 radical (unpaired) electrons. The molecular weight excluding hydrogens is 455 g/mol. The maximum atomic E-state index is 13.8. The van der Waals surface area contributed by atoms with Gasteiger partial charge in [0.05, 0.1) is 22.0 Å². The fourth-order valence-electron chi connectivity index (χ4n) is 4.51.